The van der Waals surface area contributed by atoms with Crippen LogP contribution in [-0.2, 0) is 11.2 Å². The summed E-state index contributed by atoms with van der Waals surface area (Å²) in [5.74, 6) is 0.141. The van der Waals surface area contributed by atoms with Crippen molar-refractivity contribution in [2.24, 2.45) is 0 Å². The molecule has 0 spiro atoms. The number of nitrogens with zero attached hydrogens (tertiary/aromatic N) is 1. The number of allylic oxidation sites excluding steroid dienone is 2. The zero-order valence-corrected chi connectivity index (χ0v) is 22.9. The molecule has 9 heteroatoms. The van der Waals surface area contributed by atoms with E-state index in [0.717, 1.165) is 21.4 Å². The summed E-state index contributed by atoms with van der Waals surface area (Å²) >= 11 is 7.49. The molecule has 0 fully saturated rings. The lowest BCUT2D eigenvalue weighted by atomic mass is 9.93. The van der Waals surface area contributed by atoms with Gasteiger partial charge in [-0.05, 0) is 73.0 Å². The van der Waals surface area contributed by atoms with Gasteiger partial charge in [-0.15, -0.1) is 11.3 Å². The van der Waals surface area contributed by atoms with Crippen LogP contribution in [0, 0.1) is 17.7 Å². The Morgan fingerprint density at radius 3 is 2.37 bits per heavy atom. The Balaban J connectivity index is 1.88. The Hall–Kier alpha value is -4.01. The second-order valence-corrected chi connectivity index (χ2v) is 10.1. The monoisotopic (exact) mass is 547 g/mol. The number of aliphatic carboxylic acids is 1. The van der Waals surface area contributed by atoms with Gasteiger partial charge < -0.3 is 25.4 Å². The number of hydrogen-bond donors (Lipinski definition) is 3. The quantitative estimate of drug-likeness (QED) is 0.194. The second-order valence-electron chi connectivity index (χ2n) is 8.66. The number of benzene rings is 3. The van der Waals surface area contributed by atoms with Crippen LogP contribution in [0.15, 0.2) is 54.6 Å². The summed E-state index contributed by atoms with van der Waals surface area (Å²) in [5, 5.41) is 27.9. The summed E-state index contributed by atoms with van der Waals surface area (Å²) in [6.45, 7) is 3.53. The minimum absolute atomic E-state index is 0.136. The van der Waals surface area contributed by atoms with Gasteiger partial charge in [0.05, 0.1) is 36.6 Å². The molecular formula is C29H26ClN3O4S. The molecule has 3 N–H and O–H groups in total. The van der Waals surface area contributed by atoms with Crippen molar-refractivity contribution in [3.05, 3.63) is 81.3 Å². The first-order chi connectivity index (χ1) is 18.1. The summed E-state index contributed by atoms with van der Waals surface area (Å²) in [6.07, 6.45) is 1.48. The van der Waals surface area contributed by atoms with Crippen LogP contribution >= 0.6 is 22.9 Å². The fourth-order valence-electron chi connectivity index (χ4n) is 4.21. The Bertz CT molecular complexity index is 1610. The molecule has 0 atom stereocenters. The van der Waals surface area contributed by atoms with E-state index < -0.39 is 5.97 Å². The highest BCUT2D eigenvalue weighted by Gasteiger charge is 2.21. The van der Waals surface area contributed by atoms with Gasteiger partial charge in [0.2, 0.25) is 0 Å². The van der Waals surface area contributed by atoms with Crippen molar-refractivity contribution in [3.8, 4) is 22.6 Å². The number of hydrogen-bond acceptors (Lipinski definition) is 7. The van der Waals surface area contributed by atoms with E-state index in [0.29, 0.717) is 43.7 Å². The summed E-state index contributed by atoms with van der Waals surface area (Å²) in [7, 11) is 3.09. The fourth-order valence-corrected chi connectivity index (χ4v) is 5.55. The largest absolute Gasteiger partial charge is 0.493 e. The number of nitrogens with one attached hydrogen (secondary N) is 2. The van der Waals surface area contributed by atoms with E-state index in [2.05, 4.69) is 0 Å². The predicted octanol–water partition coefficient (Wildman–Crippen LogP) is 7.06. The molecule has 1 aromatic heterocycles. The molecule has 0 aliphatic heterocycles. The van der Waals surface area contributed by atoms with Crippen LogP contribution in [0.5, 0.6) is 11.5 Å². The lowest BCUT2D eigenvalue weighted by Crippen LogP contribution is -2.04. The number of ether oxygens (including phenoxy) is 2. The van der Waals surface area contributed by atoms with E-state index in [1.165, 1.54) is 18.4 Å². The van der Waals surface area contributed by atoms with Crippen LogP contribution in [0.4, 0.5) is 0 Å². The molecule has 0 aliphatic rings. The average Bonchev–Trinajstić information content (AvgIpc) is 3.30. The topological polar surface area (TPSA) is 116 Å². The number of carbonyl (C=O) groups is 1. The van der Waals surface area contributed by atoms with Crippen molar-refractivity contribution in [2.45, 2.75) is 20.3 Å². The number of carboxylic acid groups (broad SMARTS) is 1. The van der Waals surface area contributed by atoms with E-state index in [1.54, 1.807) is 50.4 Å². The van der Waals surface area contributed by atoms with Crippen molar-refractivity contribution >= 4 is 56.1 Å². The van der Waals surface area contributed by atoms with Gasteiger partial charge in [-0.25, -0.2) is 4.98 Å². The highest BCUT2D eigenvalue weighted by molar-refractivity contribution is 7.20. The van der Waals surface area contributed by atoms with Crippen molar-refractivity contribution in [3.63, 3.8) is 0 Å². The van der Waals surface area contributed by atoms with E-state index in [1.807, 2.05) is 25.1 Å². The highest BCUT2D eigenvalue weighted by Crippen LogP contribution is 2.40. The van der Waals surface area contributed by atoms with E-state index in [9.17, 15) is 9.90 Å². The number of aryl methyl sites for hydroxylation is 1. The maximum Gasteiger partial charge on any atom is 0.307 e. The lowest BCUT2D eigenvalue weighted by Gasteiger charge is -2.13. The number of rotatable bonds is 9. The fraction of sp³-hybridized carbons (Fsp3) is 0.172. The van der Waals surface area contributed by atoms with Gasteiger partial charge in [0.15, 0.2) is 11.5 Å². The third kappa shape index (κ3) is 5.46. The normalized spacial score (nSPS) is 11.4. The Morgan fingerprint density at radius 2 is 1.76 bits per heavy atom. The third-order valence-corrected chi connectivity index (χ3v) is 7.46. The molecule has 0 radical (unpaired) electrons. The maximum atomic E-state index is 11.7. The molecule has 4 rings (SSSR count). The molecule has 1 heterocycles. The highest BCUT2D eigenvalue weighted by atomic mass is 35.5. The smallest absolute Gasteiger partial charge is 0.307 e. The molecule has 0 bridgehead atoms. The van der Waals surface area contributed by atoms with E-state index >= 15 is 0 Å². The van der Waals surface area contributed by atoms with Crippen LogP contribution in [0.2, 0.25) is 5.02 Å². The standard InChI is InChI=1S/C29H26ClN3O4S/c1-15-11-23-28(27(20(15)14-26(34)35)17-5-8-19(30)9-6-17)38-29(33-23)21(16(2)31)13-22(32)18-7-10-24(36-3)25(12-18)37-4/h5-13,31-32H,14H2,1-4H3,(H,34,35)/b21-13+,31-16?,32-22?. The van der Waals surface area contributed by atoms with Crippen molar-refractivity contribution in [1.82, 2.24) is 4.98 Å². The van der Waals surface area contributed by atoms with Crippen molar-refractivity contribution in [2.75, 3.05) is 14.2 Å². The first-order valence-corrected chi connectivity index (χ1v) is 12.8. The summed E-state index contributed by atoms with van der Waals surface area (Å²) < 4.78 is 11.5. The number of aromatic nitrogens is 1. The zero-order valence-electron chi connectivity index (χ0n) is 21.3. The minimum atomic E-state index is -0.924. The number of methoxy groups -OCH3 is 2. The van der Waals surface area contributed by atoms with Crippen molar-refractivity contribution in [1.29, 1.82) is 10.8 Å². The first-order valence-electron chi connectivity index (χ1n) is 11.6. The molecule has 0 amide bonds. The van der Waals surface area contributed by atoms with E-state index in [4.69, 9.17) is 36.9 Å². The van der Waals surface area contributed by atoms with Gasteiger partial charge in [0.1, 0.15) is 5.01 Å². The number of carboxylic acids is 1. The molecule has 0 aliphatic carbocycles. The van der Waals surface area contributed by atoms with Gasteiger partial charge in [0.25, 0.3) is 0 Å². The van der Waals surface area contributed by atoms with Crippen LogP contribution in [0.1, 0.15) is 28.6 Å². The molecule has 38 heavy (non-hydrogen) atoms. The SMILES string of the molecule is COc1ccc(C(=N)/C=C(\C(C)=N)c2nc3cc(C)c(CC(=O)O)c(-c4ccc(Cl)cc4)c3s2)cc1OC. The van der Waals surface area contributed by atoms with Gasteiger partial charge in [-0.2, -0.15) is 0 Å². The first kappa shape index (κ1) is 27.0. The Morgan fingerprint density at radius 1 is 1.08 bits per heavy atom. The molecule has 3 aromatic carbocycles. The third-order valence-electron chi connectivity index (χ3n) is 6.09. The number of halogens is 1. The minimum Gasteiger partial charge on any atom is -0.493 e. The van der Waals surface area contributed by atoms with Crippen LogP contribution in [0.3, 0.4) is 0 Å². The Kier molecular flexibility index (Phi) is 7.94. The van der Waals surface area contributed by atoms with E-state index in [-0.39, 0.29) is 17.8 Å². The lowest BCUT2D eigenvalue weighted by molar-refractivity contribution is -0.136. The molecule has 0 saturated carbocycles. The maximum absolute atomic E-state index is 11.7. The summed E-state index contributed by atoms with van der Waals surface area (Å²) in [6, 6.07) is 14.4. The van der Waals surface area contributed by atoms with Gasteiger partial charge in [-0.3, -0.25) is 4.79 Å². The molecule has 7 nitrogen and oxygen atoms in total. The number of thiazole rings is 1. The zero-order chi connectivity index (χ0) is 27.6. The molecular weight excluding hydrogens is 522 g/mol. The molecule has 0 unspecified atom stereocenters. The summed E-state index contributed by atoms with van der Waals surface area (Å²) in [5.41, 5.74) is 5.40. The molecule has 4 aromatic rings. The van der Waals surface area contributed by atoms with Gasteiger partial charge in [-0.1, -0.05) is 23.7 Å². The van der Waals surface area contributed by atoms with Crippen LogP contribution in [0.25, 0.3) is 26.9 Å². The molecule has 0 saturated heterocycles. The average molecular weight is 548 g/mol. The summed E-state index contributed by atoms with van der Waals surface area (Å²) in [4.78, 5) is 16.6. The van der Waals surface area contributed by atoms with Crippen molar-refractivity contribution < 1.29 is 19.4 Å². The predicted molar refractivity (Wildman–Crippen MR) is 154 cm³/mol. The second kappa shape index (κ2) is 11.2. The number of fused-ring (bicyclic) bond motifs is 1. The Labute approximate surface area is 229 Å². The molecule has 194 valence electrons. The van der Waals surface area contributed by atoms with Crippen LogP contribution < -0.4 is 9.47 Å². The van der Waals surface area contributed by atoms with Crippen LogP contribution in [-0.4, -0.2) is 41.7 Å². The van der Waals surface area contributed by atoms with Gasteiger partial charge >= 0.3 is 5.97 Å². The van der Waals surface area contributed by atoms with Gasteiger partial charge in [0, 0.05) is 27.4 Å².